The second-order valence-electron chi connectivity index (χ2n) is 5.15. The average molecular weight is 294 g/mol. The Hall–Kier alpha value is -1.95. The number of methoxy groups -OCH3 is 1. The molecule has 1 fully saturated rings. The second kappa shape index (κ2) is 7.17. The van der Waals surface area contributed by atoms with Crippen molar-refractivity contribution in [3.05, 3.63) is 29.6 Å². The molecule has 1 aliphatic rings. The van der Waals surface area contributed by atoms with Crippen LogP contribution in [0.3, 0.4) is 0 Å². The van der Waals surface area contributed by atoms with Gasteiger partial charge in [-0.05, 0) is 50.0 Å². The fourth-order valence-corrected chi connectivity index (χ4v) is 2.43. The van der Waals surface area contributed by atoms with Gasteiger partial charge in [0.25, 0.3) is 0 Å². The van der Waals surface area contributed by atoms with E-state index in [0.29, 0.717) is 6.42 Å². The Balaban J connectivity index is 2.00. The third-order valence-corrected chi connectivity index (χ3v) is 3.53. The molecule has 2 N–H and O–H groups in total. The summed E-state index contributed by atoms with van der Waals surface area (Å²) in [5, 5.41) is 5.76. The summed E-state index contributed by atoms with van der Waals surface area (Å²) in [6.45, 7) is 1.78. The van der Waals surface area contributed by atoms with Gasteiger partial charge in [-0.15, -0.1) is 0 Å². The molecule has 0 bridgehead atoms. The molecule has 1 aliphatic heterocycles. The first-order valence-corrected chi connectivity index (χ1v) is 6.98. The summed E-state index contributed by atoms with van der Waals surface area (Å²) in [6, 6.07) is 3.75. The molecule has 0 spiro atoms. The normalized spacial score (nSPS) is 18.1. The monoisotopic (exact) mass is 294 g/mol. The second-order valence-corrected chi connectivity index (χ2v) is 5.15. The number of rotatable bonds is 4. The summed E-state index contributed by atoms with van der Waals surface area (Å²) in [5.74, 6) is -1.12. The zero-order valence-corrected chi connectivity index (χ0v) is 11.9. The van der Waals surface area contributed by atoms with E-state index in [-0.39, 0.29) is 23.1 Å². The lowest BCUT2D eigenvalue weighted by Gasteiger charge is -2.22. The lowest BCUT2D eigenvalue weighted by molar-refractivity contribution is -0.117. The van der Waals surface area contributed by atoms with Crippen LogP contribution in [-0.2, 0) is 9.53 Å². The van der Waals surface area contributed by atoms with Gasteiger partial charge in [-0.2, -0.15) is 0 Å². The third-order valence-electron chi connectivity index (χ3n) is 3.53. The summed E-state index contributed by atoms with van der Waals surface area (Å²) in [7, 11) is 1.25. The van der Waals surface area contributed by atoms with Crippen molar-refractivity contribution in [3.8, 4) is 0 Å². The minimum atomic E-state index is -0.572. The first-order valence-electron chi connectivity index (χ1n) is 6.98. The molecule has 1 atom stereocenters. The molecule has 1 heterocycles. The predicted molar refractivity (Wildman–Crippen MR) is 76.6 cm³/mol. The summed E-state index contributed by atoms with van der Waals surface area (Å²) in [6.07, 6.45) is 2.38. The van der Waals surface area contributed by atoms with Gasteiger partial charge in [0, 0.05) is 6.42 Å². The molecule has 0 aromatic heterocycles. The Morgan fingerprint density at radius 1 is 1.48 bits per heavy atom. The van der Waals surface area contributed by atoms with Gasteiger partial charge in [-0.1, -0.05) is 0 Å². The number of anilines is 1. The molecule has 0 aliphatic carbocycles. The van der Waals surface area contributed by atoms with Gasteiger partial charge in [-0.3, -0.25) is 4.79 Å². The highest BCUT2D eigenvalue weighted by atomic mass is 19.1. The number of nitrogens with one attached hydrogen (secondary N) is 2. The Morgan fingerprint density at radius 3 is 2.95 bits per heavy atom. The van der Waals surface area contributed by atoms with Crippen molar-refractivity contribution in [2.45, 2.75) is 19.3 Å². The van der Waals surface area contributed by atoms with E-state index in [1.165, 1.54) is 19.2 Å². The fraction of sp³-hybridized carbons (Fsp3) is 0.467. The summed E-state index contributed by atoms with van der Waals surface area (Å²) >= 11 is 0. The Kier molecular flexibility index (Phi) is 5.27. The van der Waals surface area contributed by atoms with Crippen molar-refractivity contribution < 1.29 is 18.7 Å². The third kappa shape index (κ3) is 4.26. The number of carbonyl (C=O) groups is 2. The summed E-state index contributed by atoms with van der Waals surface area (Å²) in [4.78, 5) is 23.4. The van der Waals surface area contributed by atoms with E-state index < -0.39 is 11.8 Å². The maximum absolute atomic E-state index is 13.7. The van der Waals surface area contributed by atoms with Crippen LogP contribution in [0.1, 0.15) is 29.6 Å². The fourth-order valence-electron chi connectivity index (χ4n) is 2.43. The first-order chi connectivity index (χ1) is 10.1. The van der Waals surface area contributed by atoms with E-state index in [9.17, 15) is 14.0 Å². The van der Waals surface area contributed by atoms with Crippen LogP contribution in [0.4, 0.5) is 10.1 Å². The summed E-state index contributed by atoms with van der Waals surface area (Å²) in [5.41, 5.74) is 0.209. The maximum atomic E-state index is 13.7. The molecular formula is C15H19FN2O3. The Morgan fingerprint density at radius 2 is 2.29 bits per heavy atom. The maximum Gasteiger partial charge on any atom is 0.337 e. The van der Waals surface area contributed by atoms with Crippen molar-refractivity contribution in [2.75, 3.05) is 25.5 Å². The number of piperidine rings is 1. The number of halogens is 1. The number of ether oxygens (including phenoxy) is 1. The van der Waals surface area contributed by atoms with Gasteiger partial charge in [0.05, 0.1) is 18.4 Å². The molecular weight excluding hydrogens is 275 g/mol. The minimum absolute atomic E-state index is 0.00617. The van der Waals surface area contributed by atoms with Crippen molar-refractivity contribution in [3.63, 3.8) is 0 Å². The van der Waals surface area contributed by atoms with E-state index >= 15 is 0 Å². The van der Waals surface area contributed by atoms with E-state index in [4.69, 9.17) is 0 Å². The van der Waals surface area contributed by atoms with Crippen LogP contribution in [-0.4, -0.2) is 32.1 Å². The van der Waals surface area contributed by atoms with Crippen molar-refractivity contribution >= 4 is 17.6 Å². The smallest absolute Gasteiger partial charge is 0.337 e. The Labute approximate surface area is 122 Å². The number of esters is 1. The quantitative estimate of drug-likeness (QED) is 0.833. The van der Waals surface area contributed by atoms with Crippen molar-refractivity contribution in [1.29, 1.82) is 0 Å². The van der Waals surface area contributed by atoms with Gasteiger partial charge < -0.3 is 15.4 Å². The zero-order valence-electron chi connectivity index (χ0n) is 11.9. The Bertz CT molecular complexity index is 528. The van der Waals surface area contributed by atoms with Crippen LogP contribution in [0.25, 0.3) is 0 Å². The molecule has 114 valence electrons. The van der Waals surface area contributed by atoms with Crippen molar-refractivity contribution in [2.24, 2.45) is 5.92 Å². The highest BCUT2D eigenvalue weighted by Gasteiger charge is 2.18. The topological polar surface area (TPSA) is 67.4 Å². The molecule has 2 rings (SSSR count). The van der Waals surface area contributed by atoms with E-state index in [0.717, 1.165) is 32.0 Å². The zero-order chi connectivity index (χ0) is 15.2. The molecule has 1 saturated heterocycles. The van der Waals surface area contributed by atoms with E-state index in [1.54, 1.807) is 0 Å². The molecule has 1 unspecified atom stereocenters. The molecule has 0 radical (unpaired) electrons. The SMILES string of the molecule is COC(=O)c1ccc(F)c(NC(=O)CC2CCCNC2)c1. The summed E-state index contributed by atoms with van der Waals surface area (Å²) < 4.78 is 18.3. The first kappa shape index (κ1) is 15.4. The lowest BCUT2D eigenvalue weighted by atomic mass is 9.96. The predicted octanol–water partition coefficient (Wildman–Crippen LogP) is 1.94. The van der Waals surface area contributed by atoms with Gasteiger partial charge >= 0.3 is 5.97 Å². The molecule has 1 amide bonds. The molecule has 5 nitrogen and oxygen atoms in total. The minimum Gasteiger partial charge on any atom is -0.465 e. The van der Waals surface area contributed by atoms with Crippen LogP contribution < -0.4 is 10.6 Å². The number of benzene rings is 1. The number of hydrogen-bond donors (Lipinski definition) is 2. The van der Waals surface area contributed by atoms with E-state index in [2.05, 4.69) is 15.4 Å². The standard InChI is InChI=1S/C15H19FN2O3/c1-21-15(20)11-4-5-12(16)13(8-11)18-14(19)7-10-3-2-6-17-9-10/h4-5,8,10,17H,2-3,6-7,9H2,1H3,(H,18,19). The highest BCUT2D eigenvalue weighted by Crippen LogP contribution is 2.19. The van der Waals surface area contributed by atoms with Crippen LogP contribution in [0.5, 0.6) is 0 Å². The molecule has 0 saturated carbocycles. The van der Waals surface area contributed by atoms with Crippen molar-refractivity contribution in [1.82, 2.24) is 5.32 Å². The van der Waals surface area contributed by atoms with Crippen LogP contribution in [0.15, 0.2) is 18.2 Å². The number of hydrogen-bond acceptors (Lipinski definition) is 4. The van der Waals surface area contributed by atoms with Crippen LogP contribution in [0.2, 0.25) is 0 Å². The highest BCUT2D eigenvalue weighted by molar-refractivity contribution is 5.94. The van der Waals surface area contributed by atoms with Gasteiger partial charge in [0.15, 0.2) is 0 Å². The molecule has 21 heavy (non-hydrogen) atoms. The molecule has 6 heteroatoms. The van der Waals surface area contributed by atoms with Crippen LogP contribution >= 0.6 is 0 Å². The number of amides is 1. The molecule has 1 aromatic carbocycles. The van der Waals surface area contributed by atoms with Crippen LogP contribution in [0, 0.1) is 11.7 Å². The van der Waals surface area contributed by atoms with E-state index in [1.807, 2.05) is 0 Å². The average Bonchev–Trinajstić information content (AvgIpc) is 2.49. The van der Waals surface area contributed by atoms with Gasteiger partial charge in [0.2, 0.25) is 5.91 Å². The molecule has 1 aromatic rings. The van der Waals surface area contributed by atoms with Gasteiger partial charge in [0.1, 0.15) is 5.82 Å². The largest absolute Gasteiger partial charge is 0.465 e. The lowest BCUT2D eigenvalue weighted by Crippen LogP contribution is -2.32. The number of carbonyl (C=O) groups excluding carboxylic acids is 2. The van der Waals surface area contributed by atoms with Gasteiger partial charge in [-0.25, -0.2) is 9.18 Å².